The summed E-state index contributed by atoms with van der Waals surface area (Å²) in [5.41, 5.74) is 13.9. The number of ether oxygens (including phenoxy) is 1. The molecule has 0 radical (unpaired) electrons. The predicted octanol–water partition coefficient (Wildman–Crippen LogP) is 11.6. The normalized spacial score (nSPS) is 11.7. The zero-order valence-corrected chi connectivity index (χ0v) is 31.3. The monoisotopic (exact) mass is 851 g/mol. The summed E-state index contributed by atoms with van der Waals surface area (Å²) in [5.74, 6) is 1.21. The van der Waals surface area contributed by atoms with Gasteiger partial charge >= 0.3 is 21.1 Å². The van der Waals surface area contributed by atoms with Crippen LogP contribution in [0.25, 0.3) is 76.9 Å². The average Bonchev–Trinajstić information content (AvgIpc) is 3.83. The van der Waals surface area contributed by atoms with Gasteiger partial charge in [-0.15, -0.1) is 12.1 Å². The van der Waals surface area contributed by atoms with Crippen molar-refractivity contribution in [3.8, 4) is 33.8 Å². The van der Waals surface area contributed by atoms with Gasteiger partial charge in [-0.3, -0.25) is 9.97 Å². The maximum Gasteiger partial charge on any atom is 2.00 e. The molecule has 0 fully saturated rings. The molecule has 0 saturated heterocycles. The fraction of sp³-hybridized carbons (Fsp3) is 0.0870. The van der Waals surface area contributed by atoms with Crippen LogP contribution < -0.4 is 4.74 Å². The standard InChI is InChI=1S/C46H32N4O.Pt/c1-27-7-5-8-28(2)43(27)31-11-15-37-35-17-13-33(25-39(35)45-47-19-21-49(45)41(37)23-31)51-34-14-18-36-38-16-12-32(44-29(3)9-6-10-30(44)4)24-42(38)50-22-20-48-46(50)40(36)26-34;/h5-24H,1-4H3;/q-2;+2. The molecule has 0 saturated carbocycles. The number of hydrogen-bond acceptors (Lipinski definition) is 3. The van der Waals surface area contributed by atoms with Crippen LogP contribution in [0, 0.1) is 39.8 Å². The molecule has 10 aromatic rings. The first-order valence-corrected chi connectivity index (χ1v) is 17.2. The van der Waals surface area contributed by atoms with Crippen molar-refractivity contribution < 1.29 is 25.8 Å². The van der Waals surface area contributed by atoms with Crippen LogP contribution in [0.4, 0.5) is 0 Å². The molecule has 6 heteroatoms. The van der Waals surface area contributed by atoms with Gasteiger partial charge in [0.1, 0.15) is 0 Å². The molecule has 6 aromatic carbocycles. The van der Waals surface area contributed by atoms with E-state index >= 15 is 0 Å². The number of rotatable bonds is 4. The Morgan fingerprint density at radius 3 is 1.33 bits per heavy atom. The summed E-state index contributed by atoms with van der Waals surface area (Å²) in [6, 6.07) is 41.7. The van der Waals surface area contributed by atoms with E-state index in [0.717, 1.165) is 54.6 Å². The molecular formula is C46H32N4OPt. The van der Waals surface area contributed by atoms with Gasteiger partial charge in [0, 0.05) is 47.3 Å². The molecule has 4 heterocycles. The number of imidazole rings is 2. The first-order chi connectivity index (χ1) is 24.9. The van der Waals surface area contributed by atoms with Gasteiger partial charge in [0.15, 0.2) is 0 Å². The van der Waals surface area contributed by atoms with Crippen LogP contribution in [0.3, 0.4) is 0 Å². The Bertz CT molecular complexity index is 2820. The molecule has 4 aromatic heterocycles. The van der Waals surface area contributed by atoms with E-state index in [0.29, 0.717) is 11.5 Å². The van der Waals surface area contributed by atoms with Crippen molar-refractivity contribution in [3.63, 3.8) is 0 Å². The third-order valence-corrected chi connectivity index (χ3v) is 10.4. The minimum atomic E-state index is 0. The Morgan fingerprint density at radius 2 is 0.904 bits per heavy atom. The molecular weight excluding hydrogens is 820 g/mol. The second-order valence-corrected chi connectivity index (χ2v) is 13.6. The topological polar surface area (TPSA) is 43.8 Å². The Morgan fingerprint density at radius 1 is 0.500 bits per heavy atom. The smallest absolute Gasteiger partial charge is 0.497 e. The van der Waals surface area contributed by atoms with E-state index in [1.165, 1.54) is 44.5 Å². The second kappa shape index (κ2) is 12.2. The molecule has 0 N–H and O–H groups in total. The van der Waals surface area contributed by atoms with Crippen LogP contribution in [-0.4, -0.2) is 18.8 Å². The van der Waals surface area contributed by atoms with E-state index in [1.807, 2.05) is 36.9 Å². The third kappa shape index (κ3) is 4.87. The number of pyridine rings is 2. The van der Waals surface area contributed by atoms with Gasteiger partial charge in [0.05, 0.1) is 11.3 Å². The van der Waals surface area contributed by atoms with Gasteiger partial charge in [-0.05, 0) is 95.1 Å². The molecule has 0 aliphatic rings. The molecule has 5 nitrogen and oxygen atoms in total. The molecule has 0 amide bonds. The summed E-state index contributed by atoms with van der Waals surface area (Å²) < 4.78 is 10.8. The minimum Gasteiger partial charge on any atom is -0.497 e. The zero-order valence-electron chi connectivity index (χ0n) is 29.1. The number of benzene rings is 6. The van der Waals surface area contributed by atoms with Crippen LogP contribution in [-0.2, 0) is 21.1 Å². The van der Waals surface area contributed by atoms with Crippen molar-refractivity contribution in [2.45, 2.75) is 27.7 Å². The Kier molecular flexibility index (Phi) is 7.53. The molecule has 0 unspecified atom stereocenters. The van der Waals surface area contributed by atoms with E-state index in [9.17, 15) is 0 Å². The van der Waals surface area contributed by atoms with Crippen molar-refractivity contribution >= 4 is 54.6 Å². The molecule has 0 atom stereocenters. The molecule has 0 bridgehead atoms. The van der Waals surface area contributed by atoms with Gasteiger partial charge in [-0.25, -0.2) is 0 Å². The van der Waals surface area contributed by atoms with Crippen molar-refractivity contribution in [2.75, 3.05) is 0 Å². The minimum absolute atomic E-state index is 0. The number of fused-ring (bicyclic) bond motifs is 12. The number of hydrogen-bond donors (Lipinski definition) is 0. The average molecular weight is 852 g/mol. The summed E-state index contributed by atoms with van der Waals surface area (Å²) in [7, 11) is 0. The quantitative estimate of drug-likeness (QED) is 0.131. The van der Waals surface area contributed by atoms with Gasteiger partial charge in [0.2, 0.25) is 0 Å². The van der Waals surface area contributed by atoms with Crippen LogP contribution >= 0.6 is 0 Å². The van der Waals surface area contributed by atoms with Crippen LogP contribution in [0.1, 0.15) is 22.3 Å². The van der Waals surface area contributed by atoms with Gasteiger partial charge in [0.25, 0.3) is 0 Å². The predicted molar refractivity (Wildman–Crippen MR) is 208 cm³/mol. The van der Waals surface area contributed by atoms with Crippen LogP contribution in [0.2, 0.25) is 0 Å². The first-order valence-electron chi connectivity index (χ1n) is 17.2. The molecule has 0 spiro atoms. The molecule has 0 aliphatic carbocycles. The SMILES string of the molecule is Cc1cccc(C)c1-c1ccc2c3ccc(Oc4[c-]c5c(cc4)c4ccc(-c6c(C)cccc6C)cc4n4ccnc54)[c-]c3c3nccn3c2c1.[Pt+2]. The summed E-state index contributed by atoms with van der Waals surface area (Å²) in [5, 5.41) is 6.26. The third-order valence-electron chi connectivity index (χ3n) is 10.4. The zero-order chi connectivity index (χ0) is 34.4. The maximum absolute atomic E-state index is 6.49. The summed E-state index contributed by atoms with van der Waals surface area (Å²) in [6.07, 6.45) is 7.75. The van der Waals surface area contributed by atoms with E-state index in [2.05, 4.69) is 134 Å². The fourth-order valence-electron chi connectivity index (χ4n) is 8.12. The molecule has 0 aliphatic heterocycles. The Hall–Kier alpha value is -5.77. The van der Waals surface area contributed by atoms with E-state index in [-0.39, 0.29) is 21.1 Å². The maximum atomic E-state index is 6.49. The van der Waals surface area contributed by atoms with E-state index < -0.39 is 0 Å². The van der Waals surface area contributed by atoms with Crippen LogP contribution in [0.5, 0.6) is 11.5 Å². The van der Waals surface area contributed by atoms with Crippen LogP contribution in [0.15, 0.2) is 122 Å². The summed E-state index contributed by atoms with van der Waals surface area (Å²) >= 11 is 0. The Labute approximate surface area is 315 Å². The van der Waals surface area contributed by atoms with E-state index in [1.54, 1.807) is 0 Å². The van der Waals surface area contributed by atoms with Crippen molar-refractivity contribution in [1.82, 2.24) is 18.8 Å². The molecule has 252 valence electrons. The summed E-state index contributed by atoms with van der Waals surface area (Å²) in [6.45, 7) is 8.69. The molecule has 10 rings (SSSR count). The van der Waals surface area contributed by atoms with Gasteiger partial charge in [-0.2, -0.15) is 0 Å². The van der Waals surface area contributed by atoms with Crippen molar-refractivity contribution in [1.29, 1.82) is 0 Å². The van der Waals surface area contributed by atoms with Crippen molar-refractivity contribution in [3.05, 3.63) is 156 Å². The molecule has 52 heavy (non-hydrogen) atoms. The largest absolute Gasteiger partial charge is 2.00 e. The summed E-state index contributed by atoms with van der Waals surface area (Å²) in [4.78, 5) is 9.55. The van der Waals surface area contributed by atoms with Crippen molar-refractivity contribution in [2.24, 2.45) is 0 Å². The second-order valence-electron chi connectivity index (χ2n) is 13.6. The fourth-order valence-corrected chi connectivity index (χ4v) is 8.12. The van der Waals surface area contributed by atoms with Gasteiger partial charge in [-0.1, -0.05) is 106 Å². The Balaban J connectivity index is 0.00000360. The first kappa shape index (κ1) is 32.2. The van der Waals surface area contributed by atoms with Gasteiger partial charge < -0.3 is 13.5 Å². The number of nitrogens with zero attached hydrogens (tertiary/aromatic N) is 4. The number of aryl methyl sites for hydroxylation is 4. The van der Waals surface area contributed by atoms with E-state index in [4.69, 9.17) is 14.7 Å². The number of aromatic nitrogens is 4.